The van der Waals surface area contributed by atoms with E-state index in [-0.39, 0.29) is 4.73 Å². The van der Waals surface area contributed by atoms with Crippen LogP contribution in [0.4, 0.5) is 0 Å². The number of nitrogens with zero attached hydrogens (tertiary/aromatic N) is 2. The number of hydrogen-bond donors (Lipinski definition) is 0. The van der Waals surface area contributed by atoms with E-state index >= 15 is 0 Å². The molecule has 0 radical (unpaired) electrons. The van der Waals surface area contributed by atoms with Gasteiger partial charge in [-0.3, -0.25) is 0 Å². The normalized spacial score (nSPS) is 10.3. The maximum atomic E-state index is 11.1. The molecule has 0 unspecified atom stereocenters. The van der Waals surface area contributed by atoms with E-state index in [1.165, 1.54) is 6.20 Å². The zero-order valence-corrected chi connectivity index (χ0v) is 6.10. The first-order valence-corrected chi connectivity index (χ1v) is 3.43. The molecule has 0 amide bonds. The smallest absolute Gasteiger partial charge is 0.343 e. The van der Waals surface area contributed by atoms with Crippen LogP contribution in [0.2, 0.25) is 0 Å². The summed E-state index contributed by atoms with van der Waals surface area (Å²) in [5.74, 6) is 0. The lowest BCUT2D eigenvalue weighted by molar-refractivity contribution is 0.969. The predicted octanol–water partition coefficient (Wildman–Crippen LogP) is 0.742. The lowest BCUT2D eigenvalue weighted by Gasteiger charge is -2.10. The van der Waals surface area contributed by atoms with Gasteiger partial charge in [-0.15, -0.1) is 0 Å². The number of para-hydroxylation sites is 1. The molecule has 1 aromatic carbocycles. The van der Waals surface area contributed by atoms with Crippen LogP contribution in [0, 0.1) is 5.21 Å². The van der Waals surface area contributed by atoms with Gasteiger partial charge in [0, 0.05) is 17.1 Å². The van der Waals surface area contributed by atoms with Gasteiger partial charge >= 0.3 is 5.69 Å². The van der Waals surface area contributed by atoms with Crippen LogP contribution in [0.5, 0.6) is 0 Å². The maximum absolute atomic E-state index is 11.1. The fourth-order valence-corrected chi connectivity index (χ4v) is 1.06. The highest BCUT2D eigenvalue weighted by Gasteiger charge is 1.93. The second kappa shape index (κ2) is 2.34. The number of hydrogen-bond acceptors (Lipinski definition) is 3. The molecule has 0 saturated carbocycles. The molecule has 60 valence electrons. The van der Waals surface area contributed by atoms with Crippen molar-refractivity contribution in [1.82, 2.24) is 9.71 Å². The predicted molar refractivity (Wildman–Crippen MR) is 44.8 cm³/mol. The molecule has 0 aliphatic rings. The summed E-state index contributed by atoms with van der Waals surface area (Å²) in [5, 5.41) is 11.7. The van der Waals surface area contributed by atoms with Crippen molar-refractivity contribution in [2.45, 2.75) is 0 Å². The van der Waals surface area contributed by atoms with Crippen LogP contribution in [0.1, 0.15) is 0 Å². The zero-order valence-electron chi connectivity index (χ0n) is 6.10. The summed E-state index contributed by atoms with van der Waals surface area (Å²) in [6.07, 6.45) is 1.39. The van der Waals surface area contributed by atoms with Crippen molar-refractivity contribution < 1.29 is 0 Å². The van der Waals surface area contributed by atoms with Crippen LogP contribution in [0.15, 0.2) is 35.3 Å². The van der Waals surface area contributed by atoms with Crippen LogP contribution in [0.25, 0.3) is 10.9 Å². The van der Waals surface area contributed by atoms with E-state index in [0.717, 1.165) is 0 Å². The van der Waals surface area contributed by atoms with Crippen molar-refractivity contribution in [1.29, 1.82) is 0 Å². The van der Waals surface area contributed by atoms with Gasteiger partial charge in [0.1, 0.15) is 0 Å². The van der Waals surface area contributed by atoms with Crippen molar-refractivity contribution in [3.63, 3.8) is 0 Å². The average molecular weight is 161 g/mol. The van der Waals surface area contributed by atoms with Crippen LogP contribution in [-0.4, -0.2) is 9.71 Å². The Morgan fingerprint density at radius 3 is 2.92 bits per heavy atom. The Morgan fingerprint density at radius 2 is 2.08 bits per heavy atom. The van der Waals surface area contributed by atoms with Gasteiger partial charge in [0.15, 0.2) is 0 Å². The first kappa shape index (κ1) is 6.84. The molecule has 4 heteroatoms. The molecule has 0 fully saturated rings. The lowest BCUT2D eigenvalue weighted by Crippen LogP contribution is -2.18. The fourth-order valence-electron chi connectivity index (χ4n) is 1.06. The molecule has 1 aromatic heterocycles. The number of rotatable bonds is 0. The van der Waals surface area contributed by atoms with Crippen LogP contribution in [-0.2, 0) is 0 Å². The van der Waals surface area contributed by atoms with Crippen molar-refractivity contribution in [2.24, 2.45) is 0 Å². The number of fused-ring (bicyclic) bond motifs is 1. The summed E-state index contributed by atoms with van der Waals surface area (Å²) in [4.78, 5) is 14.2. The highest BCUT2D eigenvalue weighted by Crippen LogP contribution is 2.07. The zero-order chi connectivity index (χ0) is 8.55. The Bertz CT molecular complexity index is 476. The third-order valence-corrected chi connectivity index (χ3v) is 1.64. The minimum absolute atomic E-state index is 0.287. The van der Waals surface area contributed by atoms with Crippen LogP contribution < -0.4 is 5.69 Å². The summed E-state index contributed by atoms with van der Waals surface area (Å²) in [6.45, 7) is 0. The molecular formula is C8H5N2O2-. The van der Waals surface area contributed by atoms with E-state index in [9.17, 15) is 10.0 Å². The van der Waals surface area contributed by atoms with E-state index < -0.39 is 5.69 Å². The van der Waals surface area contributed by atoms with E-state index in [1.807, 2.05) is 0 Å². The van der Waals surface area contributed by atoms with Gasteiger partial charge in [-0.25, -0.2) is 9.78 Å². The Morgan fingerprint density at radius 1 is 1.33 bits per heavy atom. The molecule has 2 rings (SSSR count). The largest absolute Gasteiger partial charge is 0.802 e. The molecule has 0 spiro atoms. The highest BCUT2D eigenvalue weighted by atomic mass is 16.5. The molecule has 0 aliphatic heterocycles. The molecule has 4 nitrogen and oxygen atoms in total. The van der Waals surface area contributed by atoms with Gasteiger partial charge in [-0.2, -0.15) is 0 Å². The summed E-state index contributed by atoms with van der Waals surface area (Å²) >= 11 is 0. The fraction of sp³-hybridized carbons (Fsp3) is 0. The third kappa shape index (κ3) is 0.852. The average Bonchev–Trinajstić information content (AvgIpc) is 2.12. The quantitative estimate of drug-likeness (QED) is 0.572. The summed E-state index contributed by atoms with van der Waals surface area (Å²) < 4.78 is 0.287. The summed E-state index contributed by atoms with van der Waals surface area (Å²) in [7, 11) is 0. The molecule has 2 aromatic rings. The maximum Gasteiger partial charge on any atom is 0.343 e. The standard InChI is InChI=1S/C8H5N2O2/c11-8-9-5-6-3-1-2-4-7(6)10(8)12/h1-5H/q-1. The Kier molecular flexibility index (Phi) is 1.33. The molecule has 0 atom stereocenters. The van der Waals surface area contributed by atoms with Crippen LogP contribution in [0.3, 0.4) is 0 Å². The van der Waals surface area contributed by atoms with Crippen LogP contribution >= 0.6 is 0 Å². The SMILES string of the molecule is O=c1ncc2ccccc2n1[O-]. The topological polar surface area (TPSA) is 58.0 Å². The Labute approximate surface area is 67.7 Å². The van der Waals surface area contributed by atoms with Gasteiger partial charge in [-0.1, -0.05) is 18.2 Å². The Hall–Kier alpha value is -1.84. The number of benzene rings is 1. The first-order chi connectivity index (χ1) is 5.79. The summed E-state index contributed by atoms with van der Waals surface area (Å²) in [5.41, 5.74) is -0.411. The van der Waals surface area contributed by atoms with Gasteiger partial charge in [-0.05, 0) is 6.07 Å². The minimum Gasteiger partial charge on any atom is -0.802 e. The summed E-state index contributed by atoms with van der Waals surface area (Å²) in [6, 6.07) is 6.81. The lowest BCUT2D eigenvalue weighted by atomic mass is 10.2. The Balaban J connectivity index is 3.01. The van der Waals surface area contributed by atoms with E-state index in [2.05, 4.69) is 4.98 Å². The van der Waals surface area contributed by atoms with Crippen molar-refractivity contribution in [3.05, 3.63) is 46.2 Å². The molecule has 12 heavy (non-hydrogen) atoms. The highest BCUT2D eigenvalue weighted by molar-refractivity contribution is 5.77. The van der Waals surface area contributed by atoms with Gasteiger partial charge in [0.25, 0.3) is 0 Å². The van der Waals surface area contributed by atoms with Crippen molar-refractivity contribution in [3.8, 4) is 0 Å². The molecule has 0 N–H and O–H groups in total. The van der Waals surface area contributed by atoms with E-state index in [4.69, 9.17) is 0 Å². The molecule has 1 heterocycles. The van der Waals surface area contributed by atoms with Gasteiger partial charge in [0.2, 0.25) is 0 Å². The van der Waals surface area contributed by atoms with Crippen molar-refractivity contribution in [2.75, 3.05) is 0 Å². The first-order valence-electron chi connectivity index (χ1n) is 3.43. The van der Waals surface area contributed by atoms with E-state index in [0.29, 0.717) is 10.9 Å². The van der Waals surface area contributed by atoms with Gasteiger partial charge in [0.05, 0.1) is 0 Å². The molecule has 0 aliphatic carbocycles. The second-order valence-electron chi connectivity index (χ2n) is 2.39. The van der Waals surface area contributed by atoms with Gasteiger partial charge < -0.3 is 9.94 Å². The molecule has 0 saturated heterocycles. The third-order valence-electron chi connectivity index (χ3n) is 1.64. The second-order valence-corrected chi connectivity index (χ2v) is 2.39. The monoisotopic (exact) mass is 161 g/mol. The minimum atomic E-state index is -0.770. The van der Waals surface area contributed by atoms with E-state index in [1.54, 1.807) is 24.3 Å². The molecule has 0 bridgehead atoms. The number of aromatic nitrogens is 2. The molecular weight excluding hydrogens is 156 g/mol. The van der Waals surface area contributed by atoms with Crippen molar-refractivity contribution >= 4 is 10.9 Å².